The molecular weight excluding hydrogens is 242 g/mol. The van der Waals surface area contributed by atoms with E-state index in [9.17, 15) is 9.59 Å². The molecule has 0 aliphatic carbocycles. The minimum atomic E-state index is -0.966. The maximum Gasteiger partial charge on any atom is 0.305 e. The van der Waals surface area contributed by atoms with Crippen LogP contribution in [0, 0.1) is 0 Å². The van der Waals surface area contributed by atoms with E-state index in [0.29, 0.717) is 0 Å². The van der Waals surface area contributed by atoms with Gasteiger partial charge in [0.05, 0.1) is 12.1 Å². The van der Waals surface area contributed by atoms with Gasteiger partial charge in [-0.25, -0.2) is 0 Å². The predicted octanol–water partition coefficient (Wildman–Crippen LogP) is 1.29. The molecule has 0 aromatic rings. The van der Waals surface area contributed by atoms with E-state index in [1.165, 1.54) is 13.8 Å². The van der Waals surface area contributed by atoms with Crippen LogP contribution in [0.5, 0.6) is 0 Å². The van der Waals surface area contributed by atoms with Crippen molar-refractivity contribution < 1.29 is 23.8 Å². The van der Waals surface area contributed by atoms with Crippen molar-refractivity contribution >= 4 is 11.9 Å². The summed E-state index contributed by atoms with van der Waals surface area (Å²) in [4.78, 5) is 24.6. The van der Waals surface area contributed by atoms with E-state index < -0.39 is 36.5 Å². The SMILES string of the molecule is CC(=O)O[C@H]1O[C@H](C)[C@@H](N=[N+]=[N-])C[C@H]1OC(C)=O. The van der Waals surface area contributed by atoms with E-state index in [1.54, 1.807) is 6.92 Å². The summed E-state index contributed by atoms with van der Waals surface area (Å²) in [7, 11) is 0. The van der Waals surface area contributed by atoms with Gasteiger partial charge in [-0.2, -0.15) is 0 Å². The fourth-order valence-electron chi connectivity index (χ4n) is 1.72. The molecule has 1 heterocycles. The summed E-state index contributed by atoms with van der Waals surface area (Å²) in [5.41, 5.74) is 8.43. The van der Waals surface area contributed by atoms with Gasteiger partial charge in [-0.3, -0.25) is 9.59 Å². The molecule has 0 radical (unpaired) electrons. The minimum absolute atomic E-state index is 0.253. The fraction of sp³-hybridized carbons (Fsp3) is 0.800. The highest BCUT2D eigenvalue weighted by molar-refractivity contribution is 5.67. The number of hydrogen-bond acceptors (Lipinski definition) is 6. The quantitative estimate of drug-likeness (QED) is 0.327. The van der Waals surface area contributed by atoms with E-state index in [0.717, 1.165) is 0 Å². The van der Waals surface area contributed by atoms with E-state index in [1.807, 2.05) is 0 Å². The molecule has 100 valence electrons. The van der Waals surface area contributed by atoms with Gasteiger partial charge in [0.15, 0.2) is 6.10 Å². The van der Waals surface area contributed by atoms with Gasteiger partial charge in [0.25, 0.3) is 0 Å². The van der Waals surface area contributed by atoms with Gasteiger partial charge in [0.1, 0.15) is 0 Å². The summed E-state index contributed by atoms with van der Waals surface area (Å²) >= 11 is 0. The molecule has 0 aromatic heterocycles. The number of nitrogens with zero attached hydrogens (tertiary/aromatic N) is 3. The number of rotatable bonds is 3. The van der Waals surface area contributed by atoms with Crippen LogP contribution >= 0.6 is 0 Å². The van der Waals surface area contributed by atoms with Crippen LogP contribution in [0.3, 0.4) is 0 Å². The molecule has 4 atom stereocenters. The second kappa shape index (κ2) is 6.23. The normalized spacial score (nSPS) is 31.1. The zero-order valence-corrected chi connectivity index (χ0v) is 10.4. The Morgan fingerprint density at radius 1 is 1.33 bits per heavy atom. The van der Waals surface area contributed by atoms with Crippen LogP contribution in [0.2, 0.25) is 0 Å². The lowest BCUT2D eigenvalue weighted by Crippen LogP contribution is -2.48. The van der Waals surface area contributed by atoms with E-state index in [-0.39, 0.29) is 6.42 Å². The summed E-state index contributed by atoms with van der Waals surface area (Å²) in [5, 5.41) is 3.56. The first kappa shape index (κ1) is 14.3. The molecular formula is C10H15N3O5. The zero-order chi connectivity index (χ0) is 13.7. The number of azide groups is 1. The van der Waals surface area contributed by atoms with E-state index in [2.05, 4.69) is 10.0 Å². The number of esters is 2. The molecule has 1 aliphatic heterocycles. The molecule has 0 N–H and O–H groups in total. The molecule has 1 saturated heterocycles. The maximum atomic E-state index is 11.0. The first-order valence-corrected chi connectivity index (χ1v) is 5.48. The molecule has 1 rings (SSSR count). The first-order chi connectivity index (χ1) is 8.43. The number of carbonyl (C=O) groups is 2. The molecule has 0 unspecified atom stereocenters. The molecule has 0 spiro atoms. The Labute approximate surface area is 104 Å². The summed E-state index contributed by atoms with van der Waals surface area (Å²) in [5.74, 6) is -1.05. The smallest absolute Gasteiger partial charge is 0.305 e. The highest BCUT2D eigenvalue weighted by Crippen LogP contribution is 2.26. The summed E-state index contributed by atoms with van der Waals surface area (Å²) in [6.45, 7) is 4.17. The Kier molecular flexibility index (Phi) is 4.94. The largest absolute Gasteiger partial charge is 0.456 e. The Balaban J connectivity index is 2.79. The third-order valence-electron chi connectivity index (χ3n) is 2.47. The Morgan fingerprint density at radius 2 is 1.94 bits per heavy atom. The topological polar surface area (TPSA) is 111 Å². The zero-order valence-electron chi connectivity index (χ0n) is 10.4. The Morgan fingerprint density at radius 3 is 2.44 bits per heavy atom. The minimum Gasteiger partial charge on any atom is -0.456 e. The molecule has 0 aromatic carbocycles. The van der Waals surface area contributed by atoms with Gasteiger partial charge in [-0.1, -0.05) is 5.11 Å². The lowest BCUT2D eigenvalue weighted by atomic mass is 10.0. The summed E-state index contributed by atoms with van der Waals surface area (Å²) in [6, 6.07) is -0.467. The summed E-state index contributed by atoms with van der Waals surface area (Å²) in [6.07, 6.45) is -1.90. The monoisotopic (exact) mass is 257 g/mol. The second-order valence-electron chi connectivity index (χ2n) is 3.97. The van der Waals surface area contributed by atoms with Crippen molar-refractivity contribution in [1.29, 1.82) is 0 Å². The van der Waals surface area contributed by atoms with Crippen LogP contribution in [-0.4, -0.2) is 36.5 Å². The van der Waals surface area contributed by atoms with Gasteiger partial charge >= 0.3 is 11.9 Å². The van der Waals surface area contributed by atoms with Gasteiger partial charge in [0.2, 0.25) is 6.29 Å². The van der Waals surface area contributed by atoms with Crippen LogP contribution in [0.25, 0.3) is 10.4 Å². The predicted molar refractivity (Wildman–Crippen MR) is 59.2 cm³/mol. The van der Waals surface area contributed by atoms with Crippen LogP contribution < -0.4 is 0 Å². The lowest BCUT2D eigenvalue weighted by Gasteiger charge is -2.36. The first-order valence-electron chi connectivity index (χ1n) is 5.48. The van der Waals surface area contributed by atoms with E-state index >= 15 is 0 Å². The van der Waals surface area contributed by atoms with Gasteiger partial charge in [0, 0.05) is 25.2 Å². The highest BCUT2D eigenvalue weighted by atomic mass is 16.7. The Bertz CT molecular complexity index is 380. The van der Waals surface area contributed by atoms with Gasteiger partial charge in [-0.05, 0) is 12.5 Å². The molecule has 1 aliphatic rings. The standard InChI is InChI=1S/C10H15N3O5/c1-5-8(12-13-11)4-9(17-6(2)14)10(16-5)18-7(3)15/h5,8-10H,4H2,1-3H3/t5-,8+,9-,10-/m1/s1. The molecule has 0 bridgehead atoms. The van der Waals surface area contributed by atoms with Crippen LogP contribution in [0.4, 0.5) is 0 Å². The average Bonchev–Trinajstić information content (AvgIpc) is 2.23. The van der Waals surface area contributed by atoms with Crippen LogP contribution in [-0.2, 0) is 23.8 Å². The van der Waals surface area contributed by atoms with Crippen LogP contribution in [0.15, 0.2) is 5.11 Å². The molecule has 18 heavy (non-hydrogen) atoms. The van der Waals surface area contributed by atoms with Crippen molar-refractivity contribution in [1.82, 2.24) is 0 Å². The molecule has 0 amide bonds. The maximum absolute atomic E-state index is 11.0. The van der Waals surface area contributed by atoms with E-state index in [4.69, 9.17) is 19.7 Å². The van der Waals surface area contributed by atoms with Crippen molar-refractivity contribution in [2.24, 2.45) is 5.11 Å². The second-order valence-corrected chi connectivity index (χ2v) is 3.97. The van der Waals surface area contributed by atoms with Crippen LogP contribution in [0.1, 0.15) is 27.2 Å². The van der Waals surface area contributed by atoms with Crippen molar-refractivity contribution in [3.8, 4) is 0 Å². The lowest BCUT2D eigenvalue weighted by molar-refractivity contribution is -0.242. The molecule has 8 nitrogen and oxygen atoms in total. The number of ether oxygens (including phenoxy) is 3. The van der Waals surface area contributed by atoms with Gasteiger partial charge < -0.3 is 14.2 Å². The van der Waals surface area contributed by atoms with Crippen molar-refractivity contribution in [3.63, 3.8) is 0 Å². The number of hydrogen-bond donors (Lipinski definition) is 0. The molecule has 0 saturated carbocycles. The highest BCUT2D eigenvalue weighted by Gasteiger charge is 2.39. The van der Waals surface area contributed by atoms with Crippen molar-refractivity contribution in [2.75, 3.05) is 0 Å². The Hall–Kier alpha value is -1.79. The third-order valence-corrected chi connectivity index (χ3v) is 2.47. The number of carbonyl (C=O) groups excluding carboxylic acids is 2. The van der Waals surface area contributed by atoms with Gasteiger partial charge in [-0.15, -0.1) is 0 Å². The molecule has 8 heteroatoms. The summed E-state index contributed by atoms with van der Waals surface area (Å²) < 4.78 is 15.3. The van der Waals surface area contributed by atoms with Crippen molar-refractivity contribution in [3.05, 3.63) is 10.4 Å². The van der Waals surface area contributed by atoms with Crippen molar-refractivity contribution in [2.45, 2.75) is 51.7 Å². The third kappa shape index (κ3) is 3.90. The average molecular weight is 257 g/mol. The fourth-order valence-corrected chi connectivity index (χ4v) is 1.72. The molecule has 1 fully saturated rings.